The van der Waals surface area contributed by atoms with Crippen LogP contribution in [0.25, 0.3) is 11.4 Å². The minimum absolute atomic E-state index is 0.677. The molecule has 0 aliphatic heterocycles. The van der Waals surface area contributed by atoms with Gasteiger partial charge in [0.25, 0.3) is 0 Å². The first-order chi connectivity index (χ1) is 11.3. The van der Waals surface area contributed by atoms with Gasteiger partial charge in [-0.05, 0) is 36.8 Å². The van der Waals surface area contributed by atoms with E-state index in [2.05, 4.69) is 33.7 Å². The van der Waals surface area contributed by atoms with Crippen LogP contribution in [0, 0.1) is 0 Å². The molecule has 1 N–H and O–H groups in total. The van der Waals surface area contributed by atoms with E-state index in [0.717, 1.165) is 29.4 Å². The summed E-state index contributed by atoms with van der Waals surface area (Å²) >= 11 is 0. The highest BCUT2D eigenvalue weighted by molar-refractivity contribution is 5.62. The molecule has 0 bridgehead atoms. The van der Waals surface area contributed by atoms with Crippen LogP contribution in [0.3, 0.4) is 0 Å². The van der Waals surface area contributed by atoms with Crippen LogP contribution in [-0.4, -0.2) is 21.4 Å². The summed E-state index contributed by atoms with van der Waals surface area (Å²) in [6.45, 7) is 3.41. The first kappa shape index (κ1) is 15.1. The average molecular weight is 308 g/mol. The Morgan fingerprint density at radius 2 is 2.00 bits per heavy atom. The zero-order chi connectivity index (χ0) is 16.1. The van der Waals surface area contributed by atoms with Crippen LogP contribution in [0.4, 0.5) is 5.69 Å². The lowest BCUT2D eigenvalue weighted by molar-refractivity contribution is 0.340. The summed E-state index contributed by atoms with van der Waals surface area (Å²) in [6.07, 6.45) is 1.70. The van der Waals surface area contributed by atoms with E-state index in [1.807, 2.05) is 48.9 Å². The first-order valence-electron chi connectivity index (χ1n) is 7.66. The minimum Gasteiger partial charge on any atom is -0.494 e. The second kappa shape index (κ2) is 6.96. The molecule has 5 heteroatoms. The Hall–Kier alpha value is -2.82. The molecule has 2 aromatic carbocycles. The molecule has 3 aromatic rings. The number of rotatable bonds is 6. The Morgan fingerprint density at radius 1 is 1.13 bits per heavy atom. The Labute approximate surface area is 135 Å². The summed E-state index contributed by atoms with van der Waals surface area (Å²) in [4.78, 5) is 0. The second-order valence-electron chi connectivity index (χ2n) is 5.28. The SMILES string of the molecule is CCOc1cccc(CNc2cccc(-c3nncn3C)c2)c1. The van der Waals surface area contributed by atoms with Crippen LogP contribution in [-0.2, 0) is 13.6 Å². The molecule has 0 aliphatic carbocycles. The maximum Gasteiger partial charge on any atom is 0.163 e. The molecule has 0 unspecified atom stereocenters. The van der Waals surface area contributed by atoms with Crippen molar-refractivity contribution in [1.82, 2.24) is 14.8 Å². The lowest BCUT2D eigenvalue weighted by Gasteiger charge is -2.10. The number of anilines is 1. The van der Waals surface area contributed by atoms with E-state index >= 15 is 0 Å². The van der Waals surface area contributed by atoms with Crippen molar-refractivity contribution >= 4 is 5.69 Å². The summed E-state index contributed by atoms with van der Waals surface area (Å²) in [7, 11) is 1.94. The Morgan fingerprint density at radius 3 is 2.78 bits per heavy atom. The molecule has 118 valence electrons. The normalized spacial score (nSPS) is 10.5. The lowest BCUT2D eigenvalue weighted by Crippen LogP contribution is -2.01. The molecule has 0 radical (unpaired) electrons. The van der Waals surface area contributed by atoms with E-state index in [-0.39, 0.29) is 0 Å². The maximum atomic E-state index is 5.53. The number of benzene rings is 2. The largest absolute Gasteiger partial charge is 0.494 e. The fourth-order valence-corrected chi connectivity index (χ4v) is 2.43. The number of aryl methyl sites for hydroxylation is 1. The third-order valence-electron chi connectivity index (χ3n) is 3.54. The summed E-state index contributed by atoms with van der Waals surface area (Å²) in [5.41, 5.74) is 3.27. The van der Waals surface area contributed by atoms with Gasteiger partial charge in [0.1, 0.15) is 12.1 Å². The molecule has 0 saturated carbocycles. The predicted molar refractivity (Wildman–Crippen MR) is 91.4 cm³/mol. The number of ether oxygens (including phenoxy) is 1. The van der Waals surface area contributed by atoms with E-state index in [1.54, 1.807) is 6.33 Å². The van der Waals surface area contributed by atoms with Crippen molar-refractivity contribution in [1.29, 1.82) is 0 Å². The first-order valence-corrected chi connectivity index (χ1v) is 7.66. The summed E-state index contributed by atoms with van der Waals surface area (Å²) < 4.78 is 7.44. The van der Waals surface area contributed by atoms with Gasteiger partial charge in [-0.15, -0.1) is 10.2 Å². The van der Waals surface area contributed by atoms with E-state index in [9.17, 15) is 0 Å². The zero-order valence-electron chi connectivity index (χ0n) is 13.4. The van der Waals surface area contributed by atoms with Crippen LogP contribution < -0.4 is 10.1 Å². The van der Waals surface area contributed by atoms with Gasteiger partial charge in [-0.3, -0.25) is 0 Å². The summed E-state index contributed by atoms with van der Waals surface area (Å²) in [5.74, 6) is 1.76. The Kier molecular flexibility index (Phi) is 4.57. The van der Waals surface area contributed by atoms with Gasteiger partial charge < -0.3 is 14.6 Å². The number of nitrogens with zero attached hydrogens (tertiary/aromatic N) is 3. The third-order valence-corrected chi connectivity index (χ3v) is 3.54. The predicted octanol–water partition coefficient (Wildman–Crippen LogP) is 3.49. The zero-order valence-corrected chi connectivity index (χ0v) is 13.4. The molecule has 0 atom stereocenters. The average Bonchev–Trinajstić information content (AvgIpc) is 3.00. The van der Waals surface area contributed by atoms with Crippen LogP contribution in [0.2, 0.25) is 0 Å². The minimum atomic E-state index is 0.677. The van der Waals surface area contributed by atoms with Crippen molar-refractivity contribution in [2.24, 2.45) is 7.05 Å². The fourth-order valence-electron chi connectivity index (χ4n) is 2.43. The molecule has 0 aliphatic rings. The second-order valence-corrected chi connectivity index (χ2v) is 5.28. The number of hydrogen-bond donors (Lipinski definition) is 1. The van der Waals surface area contributed by atoms with Gasteiger partial charge in [-0.1, -0.05) is 24.3 Å². The molecule has 5 nitrogen and oxygen atoms in total. The van der Waals surface area contributed by atoms with Gasteiger partial charge in [0.05, 0.1) is 6.61 Å². The Balaban J connectivity index is 1.71. The Bertz CT molecular complexity index is 782. The highest BCUT2D eigenvalue weighted by atomic mass is 16.5. The van der Waals surface area contributed by atoms with Crippen LogP contribution in [0.1, 0.15) is 12.5 Å². The molecule has 0 saturated heterocycles. The van der Waals surface area contributed by atoms with Crippen molar-refractivity contribution in [3.63, 3.8) is 0 Å². The highest BCUT2D eigenvalue weighted by Crippen LogP contribution is 2.21. The fraction of sp³-hybridized carbons (Fsp3) is 0.222. The molecule has 1 heterocycles. The lowest BCUT2D eigenvalue weighted by atomic mass is 10.1. The van der Waals surface area contributed by atoms with Crippen LogP contribution >= 0.6 is 0 Å². The number of aromatic nitrogens is 3. The van der Waals surface area contributed by atoms with Crippen molar-refractivity contribution in [3.8, 4) is 17.1 Å². The van der Waals surface area contributed by atoms with E-state index in [1.165, 1.54) is 5.56 Å². The van der Waals surface area contributed by atoms with Crippen molar-refractivity contribution in [3.05, 3.63) is 60.4 Å². The monoisotopic (exact) mass is 308 g/mol. The molecule has 3 rings (SSSR count). The number of hydrogen-bond acceptors (Lipinski definition) is 4. The standard InChI is InChI=1S/C18H20N4O/c1-3-23-17-9-4-6-14(10-17)12-19-16-8-5-7-15(11-16)18-21-20-13-22(18)2/h4-11,13,19H,3,12H2,1-2H3. The quantitative estimate of drug-likeness (QED) is 0.757. The molecule has 0 amide bonds. The smallest absolute Gasteiger partial charge is 0.163 e. The van der Waals surface area contributed by atoms with Gasteiger partial charge >= 0.3 is 0 Å². The van der Waals surface area contributed by atoms with Crippen molar-refractivity contribution in [2.75, 3.05) is 11.9 Å². The van der Waals surface area contributed by atoms with E-state index in [0.29, 0.717) is 6.61 Å². The van der Waals surface area contributed by atoms with Gasteiger partial charge in [0.2, 0.25) is 0 Å². The molecule has 23 heavy (non-hydrogen) atoms. The molecule has 1 aromatic heterocycles. The molecule has 0 spiro atoms. The van der Waals surface area contributed by atoms with Crippen LogP contribution in [0.15, 0.2) is 54.9 Å². The number of nitrogens with one attached hydrogen (secondary N) is 1. The van der Waals surface area contributed by atoms with Crippen molar-refractivity contribution < 1.29 is 4.74 Å². The topological polar surface area (TPSA) is 52.0 Å². The van der Waals surface area contributed by atoms with E-state index < -0.39 is 0 Å². The van der Waals surface area contributed by atoms with Crippen LogP contribution in [0.5, 0.6) is 5.75 Å². The molecular formula is C18H20N4O. The molecule has 0 fully saturated rings. The molecular weight excluding hydrogens is 288 g/mol. The van der Waals surface area contributed by atoms with Gasteiger partial charge in [0, 0.05) is 24.8 Å². The summed E-state index contributed by atoms with van der Waals surface area (Å²) in [5, 5.41) is 11.5. The van der Waals surface area contributed by atoms with Gasteiger partial charge in [0.15, 0.2) is 5.82 Å². The van der Waals surface area contributed by atoms with Gasteiger partial charge in [-0.2, -0.15) is 0 Å². The summed E-state index contributed by atoms with van der Waals surface area (Å²) in [6, 6.07) is 16.3. The van der Waals surface area contributed by atoms with Gasteiger partial charge in [-0.25, -0.2) is 0 Å². The third kappa shape index (κ3) is 3.69. The van der Waals surface area contributed by atoms with E-state index in [4.69, 9.17) is 4.74 Å². The van der Waals surface area contributed by atoms with Crippen molar-refractivity contribution in [2.45, 2.75) is 13.5 Å². The highest BCUT2D eigenvalue weighted by Gasteiger charge is 2.05. The maximum absolute atomic E-state index is 5.53.